The zero-order valence-corrected chi connectivity index (χ0v) is 11.9. The molecule has 4 nitrogen and oxygen atoms in total. The zero-order chi connectivity index (χ0) is 13.8. The van der Waals surface area contributed by atoms with E-state index in [9.17, 15) is 0 Å². The molecule has 1 aliphatic rings. The number of ether oxygens (including phenoxy) is 1. The summed E-state index contributed by atoms with van der Waals surface area (Å²) in [5.74, 6) is 0. The van der Waals surface area contributed by atoms with Crippen LogP contribution in [0.1, 0.15) is 12.5 Å². The molecule has 0 aromatic heterocycles. The van der Waals surface area contributed by atoms with Crippen molar-refractivity contribution in [2.75, 3.05) is 32.1 Å². The number of benzene rings is 1. The third-order valence-corrected chi connectivity index (χ3v) is 3.65. The summed E-state index contributed by atoms with van der Waals surface area (Å²) in [7, 11) is 2.10. The van der Waals surface area contributed by atoms with Gasteiger partial charge in [0.25, 0.3) is 0 Å². The van der Waals surface area contributed by atoms with E-state index in [0.717, 1.165) is 25.4 Å². The van der Waals surface area contributed by atoms with E-state index in [1.54, 1.807) is 12.1 Å². The first-order chi connectivity index (χ1) is 9.10. The van der Waals surface area contributed by atoms with Crippen LogP contribution in [-0.4, -0.2) is 43.8 Å². The van der Waals surface area contributed by atoms with Gasteiger partial charge in [0.05, 0.1) is 29.3 Å². The quantitative estimate of drug-likeness (QED) is 0.923. The largest absolute Gasteiger partial charge is 0.380 e. The van der Waals surface area contributed by atoms with Gasteiger partial charge < -0.3 is 15.0 Å². The lowest BCUT2D eigenvalue weighted by atomic mass is 10.1. The average Bonchev–Trinajstić information content (AvgIpc) is 2.39. The van der Waals surface area contributed by atoms with Crippen LogP contribution in [0, 0.1) is 11.3 Å². The van der Waals surface area contributed by atoms with E-state index in [1.807, 2.05) is 6.07 Å². The van der Waals surface area contributed by atoms with Crippen molar-refractivity contribution in [3.8, 4) is 6.07 Å². The van der Waals surface area contributed by atoms with E-state index < -0.39 is 0 Å². The number of halogens is 1. The van der Waals surface area contributed by atoms with Crippen LogP contribution in [0.25, 0.3) is 0 Å². The molecule has 1 aromatic rings. The second kappa shape index (κ2) is 6.25. The fourth-order valence-corrected chi connectivity index (χ4v) is 2.39. The van der Waals surface area contributed by atoms with Gasteiger partial charge in [-0.2, -0.15) is 5.26 Å². The fraction of sp³-hybridized carbons (Fsp3) is 0.500. The van der Waals surface area contributed by atoms with Crippen molar-refractivity contribution < 1.29 is 4.74 Å². The summed E-state index contributed by atoms with van der Waals surface area (Å²) in [5, 5.41) is 12.7. The van der Waals surface area contributed by atoms with Gasteiger partial charge in [-0.1, -0.05) is 11.6 Å². The molecule has 1 saturated heterocycles. The lowest BCUT2D eigenvalue weighted by Gasteiger charge is -2.34. The van der Waals surface area contributed by atoms with Crippen molar-refractivity contribution in [3.63, 3.8) is 0 Å². The molecule has 0 radical (unpaired) electrons. The minimum absolute atomic E-state index is 0.160. The molecular weight excluding hydrogens is 262 g/mol. The van der Waals surface area contributed by atoms with Crippen molar-refractivity contribution in [1.82, 2.24) is 4.90 Å². The highest BCUT2D eigenvalue weighted by Gasteiger charge is 2.23. The number of nitrogens with one attached hydrogen (secondary N) is 1. The van der Waals surface area contributed by atoms with E-state index in [0.29, 0.717) is 10.6 Å². The lowest BCUT2D eigenvalue weighted by Crippen LogP contribution is -2.47. The maximum Gasteiger partial charge on any atom is 0.101 e. The first-order valence-corrected chi connectivity index (χ1v) is 6.74. The molecule has 19 heavy (non-hydrogen) atoms. The average molecular weight is 280 g/mol. The van der Waals surface area contributed by atoms with Crippen molar-refractivity contribution >= 4 is 17.3 Å². The molecule has 1 heterocycles. The molecule has 1 N–H and O–H groups in total. The van der Waals surface area contributed by atoms with Crippen LogP contribution in [-0.2, 0) is 4.74 Å². The highest BCUT2D eigenvalue weighted by molar-refractivity contribution is 6.32. The van der Waals surface area contributed by atoms with Crippen LogP contribution < -0.4 is 5.32 Å². The predicted octanol–water partition coefficient (Wildman–Crippen LogP) is 2.34. The van der Waals surface area contributed by atoms with Crippen LogP contribution in [0.15, 0.2) is 18.2 Å². The van der Waals surface area contributed by atoms with E-state index in [1.165, 1.54) is 0 Å². The van der Waals surface area contributed by atoms with Gasteiger partial charge in [-0.15, -0.1) is 0 Å². The summed E-state index contributed by atoms with van der Waals surface area (Å²) >= 11 is 6.02. The third kappa shape index (κ3) is 3.60. The van der Waals surface area contributed by atoms with Crippen molar-refractivity contribution in [3.05, 3.63) is 28.8 Å². The van der Waals surface area contributed by atoms with Crippen LogP contribution in [0.4, 0.5) is 5.69 Å². The molecule has 102 valence electrons. The lowest BCUT2D eigenvalue weighted by molar-refractivity contribution is -0.0259. The van der Waals surface area contributed by atoms with E-state index in [-0.39, 0.29) is 12.1 Å². The third-order valence-electron chi connectivity index (χ3n) is 3.34. The Morgan fingerprint density at radius 1 is 1.58 bits per heavy atom. The van der Waals surface area contributed by atoms with Gasteiger partial charge in [0.15, 0.2) is 0 Å². The Bertz CT molecular complexity index is 486. The topological polar surface area (TPSA) is 48.3 Å². The van der Waals surface area contributed by atoms with Gasteiger partial charge in [0, 0.05) is 18.8 Å². The van der Waals surface area contributed by atoms with Crippen LogP contribution in [0.3, 0.4) is 0 Å². The van der Waals surface area contributed by atoms with Gasteiger partial charge in [-0.25, -0.2) is 0 Å². The second-order valence-corrected chi connectivity index (χ2v) is 5.32. The standard InChI is InChI=1S/C14H18ClN3O/c1-10(14-9-18(2)5-6-19-14)17-12-4-3-11(8-16)13(15)7-12/h3-4,7,10,14,17H,5-6,9H2,1-2H3. The fourth-order valence-electron chi connectivity index (χ4n) is 2.16. The summed E-state index contributed by atoms with van der Waals surface area (Å²) in [5.41, 5.74) is 1.40. The number of rotatable bonds is 3. The summed E-state index contributed by atoms with van der Waals surface area (Å²) in [6.07, 6.45) is 0.160. The molecule has 1 aliphatic heterocycles. The molecule has 2 unspecified atom stereocenters. The van der Waals surface area contributed by atoms with Gasteiger partial charge in [0.1, 0.15) is 6.07 Å². The van der Waals surface area contributed by atoms with Crippen molar-refractivity contribution in [1.29, 1.82) is 5.26 Å². The monoisotopic (exact) mass is 279 g/mol. The van der Waals surface area contributed by atoms with E-state index in [2.05, 4.69) is 30.3 Å². The first kappa shape index (κ1) is 14.1. The molecule has 1 fully saturated rings. The van der Waals surface area contributed by atoms with Gasteiger partial charge in [0.2, 0.25) is 0 Å². The van der Waals surface area contributed by atoms with Crippen LogP contribution >= 0.6 is 11.6 Å². The zero-order valence-electron chi connectivity index (χ0n) is 11.2. The van der Waals surface area contributed by atoms with Crippen LogP contribution in [0.5, 0.6) is 0 Å². The number of nitrogens with zero attached hydrogens (tertiary/aromatic N) is 2. The SMILES string of the molecule is CC(Nc1ccc(C#N)c(Cl)c1)C1CN(C)CCO1. The Labute approximate surface area is 118 Å². The Hall–Kier alpha value is -1.28. The Balaban J connectivity index is 2.00. The maximum atomic E-state index is 8.84. The molecule has 1 aromatic carbocycles. The Morgan fingerprint density at radius 3 is 3.00 bits per heavy atom. The summed E-state index contributed by atoms with van der Waals surface area (Å²) in [4.78, 5) is 2.26. The normalized spacial score (nSPS) is 21.7. The number of anilines is 1. The van der Waals surface area contributed by atoms with Crippen molar-refractivity contribution in [2.45, 2.75) is 19.1 Å². The summed E-state index contributed by atoms with van der Waals surface area (Å²) < 4.78 is 5.77. The van der Waals surface area contributed by atoms with Gasteiger partial charge in [-0.3, -0.25) is 0 Å². The molecule has 0 amide bonds. The minimum Gasteiger partial charge on any atom is -0.380 e. The smallest absolute Gasteiger partial charge is 0.101 e. The molecule has 0 spiro atoms. The molecule has 2 rings (SSSR count). The van der Waals surface area contributed by atoms with E-state index in [4.69, 9.17) is 21.6 Å². The Kier molecular flexibility index (Phi) is 4.65. The Morgan fingerprint density at radius 2 is 2.37 bits per heavy atom. The molecule has 0 aliphatic carbocycles. The number of nitriles is 1. The molecule has 0 saturated carbocycles. The summed E-state index contributed by atoms with van der Waals surface area (Å²) in [6.45, 7) is 4.75. The first-order valence-electron chi connectivity index (χ1n) is 6.36. The van der Waals surface area contributed by atoms with Crippen molar-refractivity contribution in [2.24, 2.45) is 0 Å². The maximum absolute atomic E-state index is 8.84. The van der Waals surface area contributed by atoms with Crippen LogP contribution in [0.2, 0.25) is 5.02 Å². The predicted molar refractivity (Wildman–Crippen MR) is 76.5 cm³/mol. The number of hydrogen-bond donors (Lipinski definition) is 1. The number of hydrogen-bond acceptors (Lipinski definition) is 4. The minimum atomic E-state index is 0.160. The highest BCUT2D eigenvalue weighted by atomic mass is 35.5. The van der Waals surface area contributed by atoms with E-state index >= 15 is 0 Å². The highest BCUT2D eigenvalue weighted by Crippen LogP contribution is 2.21. The summed E-state index contributed by atoms with van der Waals surface area (Å²) in [6, 6.07) is 7.62. The molecule has 2 atom stereocenters. The molecular formula is C14H18ClN3O. The number of morpholine rings is 1. The number of likely N-dealkylation sites (N-methyl/N-ethyl adjacent to an activating group) is 1. The molecule has 5 heteroatoms. The van der Waals surface area contributed by atoms with Gasteiger partial charge >= 0.3 is 0 Å². The molecule has 0 bridgehead atoms. The van der Waals surface area contributed by atoms with Gasteiger partial charge in [-0.05, 0) is 32.2 Å². The second-order valence-electron chi connectivity index (χ2n) is 4.91.